The van der Waals surface area contributed by atoms with E-state index in [-0.39, 0.29) is 11.7 Å². The number of methoxy groups -OCH3 is 1. The number of ether oxygens (including phenoxy) is 1. The average molecular weight is 428 g/mol. The largest absolute Gasteiger partial charge is 0.497 e. The summed E-state index contributed by atoms with van der Waals surface area (Å²) in [5, 5.41) is 2.91. The molecular weight excluding hydrogens is 406 g/mol. The summed E-state index contributed by atoms with van der Waals surface area (Å²) < 4.78 is 30.7. The Balaban J connectivity index is 1.65. The maximum atomic E-state index is 12.7. The van der Waals surface area contributed by atoms with Crippen molar-refractivity contribution in [1.82, 2.24) is 5.32 Å². The van der Waals surface area contributed by atoms with Gasteiger partial charge in [0.15, 0.2) is 9.84 Å². The summed E-state index contributed by atoms with van der Waals surface area (Å²) in [5.41, 5.74) is 4.34. The van der Waals surface area contributed by atoms with E-state index in [0.29, 0.717) is 21.9 Å². The molecule has 1 amide bonds. The molecule has 3 aromatic rings. The Labute approximate surface area is 174 Å². The van der Waals surface area contributed by atoms with Crippen LogP contribution in [0.3, 0.4) is 0 Å². The molecule has 1 aliphatic heterocycles. The van der Waals surface area contributed by atoms with Gasteiger partial charge in [0, 0.05) is 17.0 Å². The van der Waals surface area contributed by atoms with Crippen molar-refractivity contribution in [2.45, 2.75) is 31.0 Å². The highest BCUT2D eigenvalue weighted by molar-refractivity contribution is 7.91. The lowest BCUT2D eigenvalue weighted by Crippen LogP contribution is -2.21. The van der Waals surface area contributed by atoms with Crippen molar-refractivity contribution >= 4 is 27.1 Å². The van der Waals surface area contributed by atoms with Crippen LogP contribution in [-0.4, -0.2) is 21.4 Å². The topological polar surface area (TPSA) is 72.5 Å². The number of carbonyl (C=O) groups excluding carboxylic acids is 1. The van der Waals surface area contributed by atoms with Gasteiger partial charge in [-0.3, -0.25) is 4.79 Å². The molecule has 4 rings (SSSR count). The Hall–Kier alpha value is -2.64. The van der Waals surface area contributed by atoms with E-state index in [1.54, 1.807) is 19.2 Å². The molecule has 1 aromatic heterocycles. The summed E-state index contributed by atoms with van der Waals surface area (Å²) in [4.78, 5) is 14.5. The molecule has 2 aromatic carbocycles. The number of nitrogens with one attached hydrogen (secondary N) is 1. The lowest BCUT2D eigenvalue weighted by atomic mass is 10.00. The number of carbonyl (C=O) groups is 1. The van der Waals surface area contributed by atoms with Crippen LogP contribution >= 0.6 is 11.3 Å². The van der Waals surface area contributed by atoms with Crippen molar-refractivity contribution < 1.29 is 17.9 Å². The third kappa shape index (κ3) is 3.56. The Morgan fingerprint density at radius 3 is 2.72 bits per heavy atom. The Bertz CT molecular complexity index is 1230. The second-order valence-corrected chi connectivity index (χ2v) is 10.1. The highest BCUT2D eigenvalue weighted by Gasteiger charge is 2.32. The first-order valence-electron chi connectivity index (χ1n) is 9.17. The summed E-state index contributed by atoms with van der Waals surface area (Å²) in [7, 11) is -1.81. The normalized spacial score (nSPS) is 14.0. The third-order valence-corrected chi connectivity index (χ3v) is 8.12. The predicted octanol–water partition coefficient (Wildman–Crippen LogP) is 4.26. The lowest BCUT2D eigenvalue weighted by molar-refractivity contribution is 0.0955. The summed E-state index contributed by atoms with van der Waals surface area (Å²) >= 11 is 1.35. The van der Waals surface area contributed by atoms with Crippen LogP contribution in [0.25, 0.3) is 10.4 Å². The van der Waals surface area contributed by atoms with Crippen molar-refractivity contribution in [3.63, 3.8) is 0 Å². The number of benzene rings is 2. The summed E-state index contributed by atoms with van der Waals surface area (Å²) in [6.07, 6.45) is 0. The van der Waals surface area contributed by atoms with Crippen LogP contribution in [0.15, 0.2) is 47.4 Å². The highest BCUT2D eigenvalue weighted by Crippen LogP contribution is 2.45. The van der Waals surface area contributed by atoms with Crippen LogP contribution in [0.1, 0.15) is 31.9 Å². The molecule has 7 heteroatoms. The van der Waals surface area contributed by atoms with E-state index in [2.05, 4.69) is 5.32 Å². The van der Waals surface area contributed by atoms with Crippen LogP contribution < -0.4 is 10.1 Å². The first kappa shape index (κ1) is 19.7. The number of thiophene rings is 1. The number of rotatable bonds is 4. The molecule has 0 spiro atoms. The smallest absolute Gasteiger partial charge is 0.261 e. The summed E-state index contributed by atoms with van der Waals surface area (Å²) in [5.74, 6) is 0.449. The van der Waals surface area contributed by atoms with Crippen LogP contribution in [0.2, 0.25) is 0 Å². The predicted molar refractivity (Wildman–Crippen MR) is 114 cm³/mol. The van der Waals surface area contributed by atoms with Gasteiger partial charge in [-0.2, -0.15) is 0 Å². The number of hydrogen-bond acceptors (Lipinski definition) is 5. The number of sulfone groups is 1. The molecule has 5 nitrogen and oxygen atoms in total. The van der Waals surface area contributed by atoms with Gasteiger partial charge in [-0.15, -0.1) is 11.3 Å². The van der Waals surface area contributed by atoms with E-state index in [9.17, 15) is 13.2 Å². The molecule has 29 heavy (non-hydrogen) atoms. The van der Waals surface area contributed by atoms with E-state index in [0.717, 1.165) is 32.9 Å². The van der Waals surface area contributed by atoms with Crippen molar-refractivity contribution in [2.24, 2.45) is 0 Å². The first-order valence-corrected chi connectivity index (χ1v) is 11.6. The van der Waals surface area contributed by atoms with Gasteiger partial charge in [-0.25, -0.2) is 8.42 Å². The van der Waals surface area contributed by atoms with E-state index < -0.39 is 9.84 Å². The molecular formula is C22H21NO4S2. The van der Waals surface area contributed by atoms with Gasteiger partial charge in [-0.05, 0) is 60.4 Å². The Morgan fingerprint density at radius 2 is 1.97 bits per heavy atom. The minimum atomic E-state index is -3.41. The third-order valence-electron chi connectivity index (χ3n) is 5.23. The quantitative estimate of drug-likeness (QED) is 0.675. The molecule has 1 N–H and O–H groups in total. The van der Waals surface area contributed by atoms with Gasteiger partial charge in [0.25, 0.3) is 5.91 Å². The molecule has 0 bridgehead atoms. The monoisotopic (exact) mass is 427 g/mol. The standard InChI is InChI=1S/C22H21NO4S2/c1-13-7-8-19-20(14(13)2)21-16(12-29(19,25)26)10-18(28-21)22(24)23-11-15-5-4-6-17(9-15)27-3/h4-10H,11-12H2,1-3H3,(H,23,24). The zero-order chi connectivity index (χ0) is 20.8. The molecule has 0 saturated carbocycles. The number of hydrogen-bond donors (Lipinski definition) is 1. The molecule has 1 aliphatic rings. The van der Waals surface area contributed by atoms with Gasteiger partial charge < -0.3 is 10.1 Å². The van der Waals surface area contributed by atoms with Crippen molar-refractivity contribution in [1.29, 1.82) is 0 Å². The van der Waals surface area contributed by atoms with E-state index in [1.165, 1.54) is 11.3 Å². The fourth-order valence-corrected chi connectivity index (χ4v) is 6.53. The van der Waals surface area contributed by atoms with Crippen LogP contribution in [0.4, 0.5) is 0 Å². The molecule has 0 unspecified atom stereocenters. The van der Waals surface area contributed by atoms with Gasteiger partial charge in [0.2, 0.25) is 0 Å². The molecule has 0 radical (unpaired) electrons. The number of aryl methyl sites for hydroxylation is 1. The number of amides is 1. The van der Waals surface area contributed by atoms with Gasteiger partial charge in [0.05, 0.1) is 22.6 Å². The van der Waals surface area contributed by atoms with Crippen LogP contribution in [0, 0.1) is 13.8 Å². The van der Waals surface area contributed by atoms with Gasteiger partial charge in [-0.1, -0.05) is 18.2 Å². The van der Waals surface area contributed by atoms with Crippen molar-refractivity contribution in [3.8, 4) is 16.2 Å². The van der Waals surface area contributed by atoms with E-state index >= 15 is 0 Å². The molecule has 150 valence electrons. The van der Waals surface area contributed by atoms with Gasteiger partial charge in [0.1, 0.15) is 5.75 Å². The van der Waals surface area contributed by atoms with Crippen molar-refractivity contribution in [2.75, 3.05) is 7.11 Å². The maximum absolute atomic E-state index is 12.7. The van der Waals surface area contributed by atoms with Crippen LogP contribution in [-0.2, 0) is 22.1 Å². The second kappa shape index (κ2) is 7.31. The molecule has 0 saturated heterocycles. The second-order valence-electron chi connectivity index (χ2n) is 7.14. The van der Waals surface area contributed by atoms with Crippen molar-refractivity contribution in [3.05, 3.63) is 69.6 Å². The summed E-state index contributed by atoms with van der Waals surface area (Å²) in [6, 6.07) is 12.7. The fraction of sp³-hybridized carbons (Fsp3) is 0.227. The molecule has 0 aliphatic carbocycles. The highest BCUT2D eigenvalue weighted by atomic mass is 32.2. The fourth-order valence-electron chi connectivity index (χ4n) is 3.53. The molecule has 0 atom stereocenters. The summed E-state index contributed by atoms with van der Waals surface area (Å²) in [6.45, 7) is 4.26. The molecule has 2 heterocycles. The first-order chi connectivity index (χ1) is 13.8. The van der Waals surface area contributed by atoms with E-state index in [1.807, 2.05) is 44.2 Å². The minimum Gasteiger partial charge on any atom is -0.497 e. The maximum Gasteiger partial charge on any atom is 0.261 e. The Morgan fingerprint density at radius 1 is 1.17 bits per heavy atom. The SMILES string of the molecule is COc1cccc(CNC(=O)c2cc3c(s2)-c2c(ccc(C)c2C)S(=O)(=O)C3)c1. The molecule has 0 fully saturated rings. The Kier molecular flexibility index (Phi) is 4.96. The van der Waals surface area contributed by atoms with Crippen LogP contribution in [0.5, 0.6) is 5.75 Å². The zero-order valence-corrected chi connectivity index (χ0v) is 18.0. The zero-order valence-electron chi connectivity index (χ0n) is 16.4. The van der Waals surface area contributed by atoms with E-state index in [4.69, 9.17) is 4.74 Å². The van der Waals surface area contributed by atoms with Gasteiger partial charge >= 0.3 is 0 Å². The average Bonchev–Trinajstić information content (AvgIpc) is 3.11. The minimum absolute atomic E-state index is 0.0719. The lowest BCUT2D eigenvalue weighted by Gasteiger charge is -2.20. The number of fused-ring (bicyclic) bond motifs is 3.